The average molecular weight is 275 g/mol. The van der Waals surface area contributed by atoms with Gasteiger partial charge in [0.25, 0.3) is 0 Å². The summed E-state index contributed by atoms with van der Waals surface area (Å²) in [5.74, 6) is 1.46. The van der Waals surface area contributed by atoms with Crippen molar-refractivity contribution in [3.05, 3.63) is 22.6 Å². The van der Waals surface area contributed by atoms with Crippen molar-refractivity contribution < 1.29 is 9.21 Å². The van der Waals surface area contributed by atoms with Crippen LogP contribution in [0.1, 0.15) is 18.4 Å². The van der Waals surface area contributed by atoms with Gasteiger partial charge in [0.05, 0.1) is 11.5 Å². The number of halogens is 1. The lowest BCUT2D eigenvalue weighted by Crippen LogP contribution is -2.15. The van der Waals surface area contributed by atoms with Crippen LogP contribution in [0, 0.1) is 0 Å². The van der Waals surface area contributed by atoms with Crippen LogP contribution in [0.2, 0.25) is 0 Å². The lowest BCUT2D eigenvalue weighted by atomic mass is 10.1. The predicted molar refractivity (Wildman–Crippen MR) is 60.6 cm³/mol. The van der Waals surface area contributed by atoms with Gasteiger partial charge in [-0.3, -0.25) is 4.79 Å². The first-order valence-electron chi connectivity index (χ1n) is 4.63. The summed E-state index contributed by atoms with van der Waals surface area (Å²) in [6.07, 6.45) is 4.37. The molecule has 76 valence electrons. The van der Waals surface area contributed by atoms with E-state index < -0.39 is 0 Å². The monoisotopic (exact) mass is 274 g/mol. The van der Waals surface area contributed by atoms with Gasteiger partial charge in [-0.2, -0.15) is 11.8 Å². The Balaban J connectivity index is 1.93. The molecule has 1 aliphatic rings. The minimum Gasteiger partial charge on any atom is -0.457 e. The number of furan rings is 1. The van der Waals surface area contributed by atoms with Gasteiger partial charge in [-0.05, 0) is 46.2 Å². The lowest BCUT2D eigenvalue weighted by molar-refractivity contribution is -0.117. The van der Waals surface area contributed by atoms with Crippen LogP contribution < -0.4 is 0 Å². The van der Waals surface area contributed by atoms with Gasteiger partial charge in [0.1, 0.15) is 5.78 Å². The van der Waals surface area contributed by atoms with Crippen LogP contribution in [0.4, 0.5) is 0 Å². The van der Waals surface area contributed by atoms with Crippen LogP contribution in [-0.4, -0.2) is 16.8 Å². The zero-order chi connectivity index (χ0) is 9.97. The molecule has 1 saturated heterocycles. The summed E-state index contributed by atoms with van der Waals surface area (Å²) < 4.78 is 5.78. The third-order valence-electron chi connectivity index (χ3n) is 2.29. The van der Waals surface area contributed by atoms with Crippen molar-refractivity contribution in [3.8, 4) is 0 Å². The lowest BCUT2D eigenvalue weighted by Gasteiger charge is -2.04. The molecule has 1 aromatic rings. The summed E-state index contributed by atoms with van der Waals surface area (Å²) in [6, 6.07) is 1.86. The van der Waals surface area contributed by atoms with Gasteiger partial charge in [-0.25, -0.2) is 0 Å². The summed E-state index contributed by atoms with van der Waals surface area (Å²) >= 11 is 5.01. The van der Waals surface area contributed by atoms with Gasteiger partial charge in [-0.1, -0.05) is 0 Å². The van der Waals surface area contributed by atoms with Crippen LogP contribution in [-0.2, 0) is 11.2 Å². The second kappa shape index (κ2) is 4.53. The quantitative estimate of drug-likeness (QED) is 0.849. The highest BCUT2D eigenvalue weighted by Crippen LogP contribution is 2.28. The minimum absolute atomic E-state index is 0.226. The van der Waals surface area contributed by atoms with Crippen molar-refractivity contribution in [1.82, 2.24) is 0 Å². The number of thioether (sulfide) groups is 1. The average Bonchev–Trinajstić information content (AvgIpc) is 2.75. The van der Waals surface area contributed by atoms with Crippen LogP contribution in [0.5, 0.6) is 0 Å². The minimum atomic E-state index is 0.226. The molecule has 0 N–H and O–H groups in total. The summed E-state index contributed by atoms with van der Waals surface area (Å²) in [4.78, 5) is 11.7. The van der Waals surface area contributed by atoms with Gasteiger partial charge in [0, 0.05) is 6.42 Å². The number of carbonyl (C=O) groups excluding carboxylic acids is 1. The third kappa shape index (κ3) is 2.42. The van der Waals surface area contributed by atoms with E-state index in [0.717, 1.165) is 17.7 Å². The van der Waals surface area contributed by atoms with Gasteiger partial charge in [0.15, 0.2) is 4.67 Å². The van der Waals surface area contributed by atoms with Gasteiger partial charge >= 0.3 is 0 Å². The molecule has 1 aliphatic heterocycles. The molecule has 1 fully saturated rings. The second-order valence-electron chi connectivity index (χ2n) is 3.40. The highest BCUT2D eigenvalue weighted by Gasteiger charge is 2.23. The predicted octanol–water partition coefficient (Wildman–Crippen LogP) is 3.05. The van der Waals surface area contributed by atoms with Gasteiger partial charge in [-0.15, -0.1) is 0 Å². The summed E-state index contributed by atoms with van der Waals surface area (Å²) in [7, 11) is 0. The molecule has 0 aromatic carbocycles. The molecule has 4 heteroatoms. The molecule has 0 radical (unpaired) electrons. The Morgan fingerprint density at radius 2 is 2.57 bits per heavy atom. The molecular weight excluding hydrogens is 264 g/mol. The number of rotatable bonds is 3. The zero-order valence-corrected chi connectivity index (χ0v) is 10.1. The number of hydrogen-bond acceptors (Lipinski definition) is 3. The first-order valence-corrected chi connectivity index (χ1v) is 6.47. The number of carbonyl (C=O) groups is 1. The Morgan fingerprint density at radius 3 is 3.14 bits per heavy atom. The van der Waals surface area contributed by atoms with Crippen LogP contribution >= 0.6 is 27.7 Å². The maximum Gasteiger partial charge on any atom is 0.169 e. The fourth-order valence-electron chi connectivity index (χ4n) is 1.59. The topological polar surface area (TPSA) is 30.2 Å². The normalized spacial score (nSPS) is 21.4. The van der Waals surface area contributed by atoms with Crippen LogP contribution in [0.15, 0.2) is 21.4 Å². The van der Waals surface area contributed by atoms with Gasteiger partial charge < -0.3 is 4.42 Å². The van der Waals surface area contributed by atoms with Crippen molar-refractivity contribution >= 4 is 33.5 Å². The van der Waals surface area contributed by atoms with Crippen molar-refractivity contribution in [3.63, 3.8) is 0 Å². The molecular formula is C10H11BrO2S. The molecule has 1 unspecified atom stereocenters. The Hall–Kier alpha value is -0.220. The molecule has 1 atom stereocenters. The van der Waals surface area contributed by atoms with Gasteiger partial charge in [0.2, 0.25) is 0 Å². The van der Waals surface area contributed by atoms with E-state index in [4.69, 9.17) is 4.42 Å². The molecule has 2 heterocycles. The van der Waals surface area contributed by atoms with E-state index in [1.54, 1.807) is 18.0 Å². The Bertz CT molecular complexity index is 329. The molecule has 0 spiro atoms. The highest BCUT2D eigenvalue weighted by atomic mass is 79.9. The zero-order valence-electron chi connectivity index (χ0n) is 7.66. The van der Waals surface area contributed by atoms with Crippen LogP contribution in [0.3, 0.4) is 0 Å². The standard InChI is InChI=1S/C10H11BrO2S/c11-10-5-7(6-13-10)4-8(12)9-2-1-3-14-9/h5-6,9H,1-4H2. The molecule has 14 heavy (non-hydrogen) atoms. The van der Waals surface area contributed by atoms with E-state index in [2.05, 4.69) is 15.9 Å². The number of Topliss-reactive ketones (excluding diaryl/α,β-unsaturated/α-hetero) is 1. The summed E-state index contributed by atoms with van der Waals surface area (Å²) in [5, 5.41) is 0.226. The molecule has 0 aliphatic carbocycles. The van der Waals surface area contributed by atoms with E-state index in [1.807, 2.05) is 6.07 Å². The maximum absolute atomic E-state index is 11.7. The fraction of sp³-hybridized carbons (Fsp3) is 0.500. The largest absolute Gasteiger partial charge is 0.457 e. The van der Waals surface area contributed by atoms with Crippen molar-refractivity contribution in [2.24, 2.45) is 0 Å². The summed E-state index contributed by atoms with van der Waals surface area (Å²) in [5.41, 5.74) is 0.967. The Kier molecular flexibility index (Phi) is 3.34. The first kappa shape index (κ1) is 10.3. The van der Waals surface area contributed by atoms with Crippen LogP contribution in [0.25, 0.3) is 0 Å². The highest BCUT2D eigenvalue weighted by molar-refractivity contribution is 9.10. The molecule has 0 amide bonds. The molecule has 2 rings (SSSR count). The Morgan fingerprint density at radius 1 is 1.71 bits per heavy atom. The van der Waals surface area contributed by atoms with E-state index in [9.17, 15) is 4.79 Å². The molecule has 2 nitrogen and oxygen atoms in total. The molecule has 0 bridgehead atoms. The Labute approximate surface area is 95.6 Å². The second-order valence-corrected chi connectivity index (χ2v) is 5.50. The van der Waals surface area contributed by atoms with E-state index >= 15 is 0 Å². The summed E-state index contributed by atoms with van der Waals surface area (Å²) in [6.45, 7) is 0. The maximum atomic E-state index is 11.7. The SMILES string of the molecule is O=C(Cc1coc(Br)c1)C1CCCS1. The first-order chi connectivity index (χ1) is 6.75. The van der Waals surface area contributed by atoms with E-state index in [1.165, 1.54) is 6.42 Å². The molecule has 0 saturated carbocycles. The number of hydrogen-bond donors (Lipinski definition) is 0. The van der Waals surface area contributed by atoms with Crippen molar-refractivity contribution in [2.75, 3.05) is 5.75 Å². The van der Waals surface area contributed by atoms with E-state index in [-0.39, 0.29) is 5.25 Å². The molecule has 1 aromatic heterocycles. The van der Waals surface area contributed by atoms with Crippen molar-refractivity contribution in [2.45, 2.75) is 24.5 Å². The third-order valence-corrected chi connectivity index (χ3v) is 4.13. The smallest absolute Gasteiger partial charge is 0.169 e. The fourth-order valence-corrected chi connectivity index (χ4v) is 3.19. The number of ketones is 1. The van der Waals surface area contributed by atoms with Crippen molar-refractivity contribution in [1.29, 1.82) is 0 Å². The van der Waals surface area contributed by atoms with E-state index in [0.29, 0.717) is 16.9 Å².